The maximum atomic E-state index is 15.4. The van der Waals surface area contributed by atoms with Crippen molar-refractivity contribution in [3.63, 3.8) is 0 Å². The van der Waals surface area contributed by atoms with Gasteiger partial charge in [-0.1, -0.05) is 29.3 Å². The zero-order chi connectivity index (χ0) is 27.7. The van der Waals surface area contributed by atoms with E-state index >= 15 is 4.39 Å². The minimum absolute atomic E-state index is 0.164. The van der Waals surface area contributed by atoms with Crippen molar-refractivity contribution in [3.05, 3.63) is 75.8 Å². The maximum absolute atomic E-state index is 15.4. The van der Waals surface area contributed by atoms with E-state index in [4.69, 9.17) is 32.7 Å². The quantitative estimate of drug-likeness (QED) is 0.219. The van der Waals surface area contributed by atoms with Crippen molar-refractivity contribution in [2.24, 2.45) is 0 Å². The van der Waals surface area contributed by atoms with Crippen LogP contribution in [0.2, 0.25) is 10.2 Å². The molecule has 0 aliphatic rings. The lowest BCUT2D eigenvalue weighted by Crippen LogP contribution is -2.41. The molecule has 0 unspecified atom stereocenters. The first-order valence-electron chi connectivity index (χ1n) is 10.8. The highest BCUT2D eigenvalue weighted by atomic mass is 35.5. The van der Waals surface area contributed by atoms with E-state index in [9.17, 15) is 13.2 Å². The predicted molar refractivity (Wildman–Crippen MR) is 142 cm³/mol. The number of carbonyl (C=O) groups excluding carboxylic acids is 1. The van der Waals surface area contributed by atoms with E-state index < -0.39 is 32.4 Å². The first-order valence-corrected chi connectivity index (χ1v) is 13.9. The first-order chi connectivity index (χ1) is 17.9. The predicted octanol–water partition coefficient (Wildman–Crippen LogP) is 6.97. The Kier molecular flexibility index (Phi) is 7.88. The van der Waals surface area contributed by atoms with Gasteiger partial charge in [-0.15, -0.1) is 15.6 Å². The highest BCUT2D eigenvalue weighted by Crippen LogP contribution is 2.39. The first kappa shape index (κ1) is 27.7. The van der Waals surface area contributed by atoms with Gasteiger partial charge >= 0.3 is 6.09 Å². The average molecular weight is 597 g/mol. The molecule has 38 heavy (non-hydrogen) atoms. The van der Waals surface area contributed by atoms with Crippen LogP contribution >= 0.6 is 34.5 Å². The Labute approximate surface area is 231 Å². The Bertz CT molecular complexity index is 1580. The van der Waals surface area contributed by atoms with E-state index in [2.05, 4.69) is 15.0 Å². The molecule has 3 heterocycles. The largest absolute Gasteiger partial charge is 0.453 e. The fourth-order valence-corrected chi connectivity index (χ4v) is 5.53. The van der Waals surface area contributed by atoms with E-state index in [1.165, 1.54) is 23.2 Å². The molecule has 9 nitrogen and oxygen atoms in total. The highest BCUT2D eigenvalue weighted by Gasteiger charge is 2.38. The van der Waals surface area contributed by atoms with Crippen LogP contribution in [0.1, 0.15) is 20.8 Å². The van der Waals surface area contributed by atoms with E-state index in [1.54, 1.807) is 45.3 Å². The fraction of sp³-hybridized carbons (Fsp3) is 0.167. The third-order valence-corrected chi connectivity index (χ3v) is 7.48. The Hall–Kier alpha value is -3.32. The van der Waals surface area contributed by atoms with Crippen molar-refractivity contribution in [2.75, 3.05) is 4.31 Å². The Morgan fingerprint density at radius 2 is 1.87 bits per heavy atom. The second kappa shape index (κ2) is 10.8. The van der Waals surface area contributed by atoms with Crippen molar-refractivity contribution in [1.29, 1.82) is 0 Å². The molecule has 0 aliphatic carbocycles. The van der Waals surface area contributed by atoms with Crippen LogP contribution in [0.25, 0.3) is 11.1 Å². The Morgan fingerprint density at radius 3 is 2.50 bits per heavy atom. The van der Waals surface area contributed by atoms with Gasteiger partial charge in [0.15, 0.2) is 11.6 Å². The second-order valence-electron chi connectivity index (χ2n) is 8.66. The Morgan fingerprint density at radius 1 is 1.11 bits per heavy atom. The van der Waals surface area contributed by atoms with E-state index in [-0.39, 0.29) is 31.8 Å². The zero-order valence-corrected chi connectivity index (χ0v) is 23.2. The van der Waals surface area contributed by atoms with E-state index in [0.717, 1.165) is 23.5 Å². The summed E-state index contributed by atoms with van der Waals surface area (Å²) in [6.45, 7) is 4.68. The summed E-state index contributed by atoms with van der Waals surface area (Å²) in [6, 6.07) is 6.64. The fourth-order valence-electron chi connectivity index (χ4n) is 3.17. The number of halogens is 3. The van der Waals surface area contributed by atoms with Crippen LogP contribution < -0.4 is 9.04 Å². The molecule has 198 valence electrons. The van der Waals surface area contributed by atoms with Gasteiger partial charge in [-0.3, -0.25) is 4.98 Å². The number of anilines is 1. The highest BCUT2D eigenvalue weighted by molar-refractivity contribution is 7.93. The third-order valence-electron chi connectivity index (χ3n) is 4.72. The number of hydrogen-bond donors (Lipinski definition) is 0. The molecular formula is C24H19Cl2FN4O5S2. The van der Waals surface area contributed by atoms with Crippen molar-refractivity contribution in [3.8, 4) is 22.6 Å². The molecule has 0 saturated heterocycles. The lowest BCUT2D eigenvalue weighted by atomic mass is 10.1. The second-order valence-corrected chi connectivity index (χ2v) is 11.9. The summed E-state index contributed by atoms with van der Waals surface area (Å²) in [4.78, 5) is 23.9. The molecule has 0 bridgehead atoms. The van der Waals surface area contributed by atoms with Crippen LogP contribution in [0.3, 0.4) is 0 Å². The zero-order valence-electron chi connectivity index (χ0n) is 20.1. The maximum Gasteiger partial charge on any atom is 0.430 e. The van der Waals surface area contributed by atoms with Gasteiger partial charge in [0, 0.05) is 35.0 Å². The summed E-state index contributed by atoms with van der Waals surface area (Å²) in [5, 5.41) is 1.24. The van der Waals surface area contributed by atoms with Gasteiger partial charge in [-0.25, -0.2) is 27.6 Å². The number of rotatable bonds is 6. The van der Waals surface area contributed by atoms with E-state index in [0.29, 0.717) is 11.1 Å². The van der Waals surface area contributed by atoms with Crippen LogP contribution in [0.4, 0.5) is 15.0 Å². The smallest absolute Gasteiger partial charge is 0.430 e. The molecule has 0 spiro atoms. The summed E-state index contributed by atoms with van der Waals surface area (Å²) in [5.74, 6) is -1.52. The molecule has 4 rings (SSSR count). The number of ether oxygens (including phenoxy) is 2. The Balaban J connectivity index is 1.74. The van der Waals surface area contributed by atoms with Crippen LogP contribution in [0.15, 0.2) is 64.7 Å². The number of nitrogens with zero attached hydrogens (tertiary/aromatic N) is 4. The molecule has 4 aromatic rings. The van der Waals surface area contributed by atoms with Gasteiger partial charge in [0.2, 0.25) is 0 Å². The number of sulfonamides is 1. The third kappa shape index (κ3) is 6.04. The van der Waals surface area contributed by atoms with Crippen LogP contribution in [-0.2, 0) is 14.8 Å². The van der Waals surface area contributed by atoms with Crippen molar-refractivity contribution >= 4 is 56.5 Å². The van der Waals surface area contributed by atoms with Crippen molar-refractivity contribution in [1.82, 2.24) is 15.0 Å². The summed E-state index contributed by atoms with van der Waals surface area (Å²) >= 11 is 13.4. The number of thiazole rings is 1. The lowest BCUT2D eigenvalue weighted by Gasteiger charge is -2.26. The topological polar surface area (TPSA) is 112 Å². The van der Waals surface area contributed by atoms with Gasteiger partial charge in [-0.05, 0) is 39.0 Å². The van der Waals surface area contributed by atoms with Gasteiger partial charge in [0.05, 0.1) is 16.7 Å². The van der Waals surface area contributed by atoms with Crippen LogP contribution in [-0.4, -0.2) is 35.1 Å². The molecule has 0 fully saturated rings. The minimum atomic E-state index is -4.85. The van der Waals surface area contributed by atoms with Gasteiger partial charge in [0.25, 0.3) is 10.0 Å². The summed E-state index contributed by atoms with van der Waals surface area (Å²) < 4.78 is 53.7. The van der Waals surface area contributed by atoms with E-state index in [1.807, 2.05) is 0 Å². The van der Waals surface area contributed by atoms with Crippen LogP contribution in [0.5, 0.6) is 11.5 Å². The molecule has 0 N–H and O–H groups in total. The molecule has 0 saturated carbocycles. The normalized spacial score (nSPS) is 11.7. The summed E-state index contributed by atoms with van der Waals surface area (Å²) in [6.07, 6.45) is 3.22. The van der Waals surface area contributed by atoms with Gasteiger partial charge in [0.1, 0.15) is 27.2 Å². The monoisotopic (exact) mass is 596 g/mol. The standard InChI is InChI=1S/C24H19Cl2FN4O5S2/c1-24(2,3)36-23(32)31(22-12-37-13-30-22)38(33,34)20-8-16(25)18(9-17(20)27)35-19-11-29-21(26)7-15(19)14-5-4-6-28-10-14/h4-13H,1-3H3. The molecular weight excluding hydrogens is 578 g/mol. The molecule has 14 heteroatoms. The lowest BCUT2D eigenvalue weighted by molar-refractivity contribution is 0.0608. The number of amides is 1. The summed E-state index contributed by atoms with van der Waals surface area (Å²) in [7, 11) is -4.85. The molecule has 1 amide bonds. The number of carbonyl (C=O) groups is 1. The number of pyridine rings is 2. The number of benzene rings is 1. The summed E-state index contributed by atoms with van der Waals surface area (Å²) in [5.41, 5.74) is 1.42. The van der Waals surface area contributed by atoms with Crippen molar-refractivity contribution in [2.45, 2.75) is 31.3 Å². The molecule has 3 aromatic heterocycles. The minimum Gasteiger partial charge on any atom is -0.453 e. The van der Waals surface area contributed by atoms with Crippen molar-refractivity contribution < 1.29 is 27.1 Å². The van der Waals surface area contributed by atoms with Crippen LogP contribution in [0, 0.1) is 5.82 Å². The number of hydrogen-bond acceptors (Lipinski definition) is 9. The SMILES string of the molecule is CC(C)(C)OC(=O)N(c1cscn1)S(=O)(=O)c1cc(Cl)c(Oc2cnc(Cl)cc2-c2cccnc2)cc1F. The molecule has 0 radical (unpaired) electrons. The number of aromatic nitrogens is 3. The van der Waals surface area contributed by atoms with Gasteiger partial charge < -0.3 is 9.47 Å². The van der Waals surface area contributed by atoms with Gasteiger partial charge in [-0.2, -0.15) is 0 Å². The molecule has 0 atom stereocenters. The molecule has 1 aromatic carbocycles. The average Bonchev–Trinajstić information content (AvgIpc) is 3.35. The molecule has 0 aliphatic heterocycles.